The van der Waals surface area contributed by atoms with Crippen molar-refractivity contribution in [3.63, 3.8) is 0 Å². The average Bonchev–Trinajstić information content (AvgIpc) is 3.15. The Labute approximate surface area is 311 Å². The van der Waals surface area contributed by atoms with E-state index in [0.717, 1.165) is 73.4 Å². The van der Waals surface area contributed by atoms with Gasteiger partial charge in [0.1, 0.15) is 30.8 Å². The Hall–Kier alpha value is -4.13. The lowest BCUT2D eigenvalue weighted by molar-refractivity contribution is -0.144. The minimum Gasteiger partial charge on any atom is -0.489 e. The Kier molecular flexibility index (Phi) is 12.7. The number of carbonyl (C=O) groups is 1. The molecule has 0 aromatic heterocycles. The van der Waals surface area contributed by atoms with Crippen LogP contribution in [-0.2, 0) is 43.9 Å². The van der Waals surface area contributed by atoms with Crippen molar-refractivity contribution < 1.29 is 19.4 Å². The first-order valence-corrected chi connectivity index (χ1v) is 19.6. The number of piperidine rings is 2. The number of aliphatic carboxylic acids is 1. The van der Waals surface area contributed by atoms with Crippen molar-refractivity contribution >= 4 is 5.97 Å². The van der Waals surface area contributed by atoms with Crippen LogP contribution in [0.2, 0.25) is 0 Å². The maximum atomic E-state index is 11.8. The van der Waals surface area contributed by atoms with Gasteiger partial charge in [0.05, 0.1) is 0 Å². The normalized spacial score (nSPS) is 18.3. The van der Waals surface area contributed by atoms with Crippen LogP contribution in [0.4, 0.5) is 0 Å². The highest BCUT2D eigenvalue weighted by Gasteiger charge is 2.28. The maximum absolute atomic E-state index is 11.8. The molecule has 52 heavy (non-hydrogen) atoms. The maximum Gasteiger partial charge on any atom is 0.320 e. The molecule has 4 aromatic rings. The lowest BCUT2D eigenvalue weighted by Gasteiger charge is -2.33. The van der Waals surface area contributed by atoms with E-state index in [-0.39, 0.29) is 0 Å². The van der Waals surface area contributed by atoms with Gasteiger partial charge >= 0.3 is 5.97 Å². The second kappa shape index (κ2) is 17.6. The molecule has 0 bridgehead atoms. The van der Waals surface area contributed by atoms with Crippen LogP contribution >= 0.6 is 0 Å². The molecule has 0 aliphatic carbocycles. The van der Waals surface area contributed by atoms with E-state index in [1.165, 1.54) is 64.8 Å². The van der Waals surface area contributed by atoms with E-state index in [0.29, 0.717) is 25.8 Å². The van der Waals surface area contributed by atoms with Gasteiger partial charge < -0.3 is 14.6 Å². The molecule has 2 aliphatic heterocycles. The smallest absolute Gasteiger partial charge is 0.320 e. The summed E-state index contributed by atoms with van der Waals surface area (Å²) < 4.78 is 13.0. The molecule has 2 saturated heterocycles. The lowest BCUT2D eigenvalue weighted by atomic mass is 9.92. The van der Waals surface area contributed by atoms with E-state index in [1.807, 2.05) is 0 Å². The quantitative estimate of drug-likeness (QED) is 0.141. The summed E-state index contributed by atoms with van der Waals surface area (Å²) in [6, 6.07) is 26.4. The standard InChI is InChI=1S/C46H58N2O4/c1-6-37-26-35(28-47-24-10-8-14-32(47)3)20-22-44(37)51-30-39-15-12-17-41(33(39)4)42-18-13-16-40(34(42)5)31-52-45-23-21-36(27-38(45)7-2)29-48-25-11-9-19-43(48)46(49)50/h12-13,15-18,20-23,26-27,32,43H,6-11,14,19,24-25,28-31H2,1-5H3,(H,49,50)/t32-,43+/m1/s1. The largest absolute Gasteiger partial charge is 0.489 e. The summed E-state index contributed by atoms with van der Waals surface area (Å²) in [4.78, 5) is 16.6. The van der Waals surface area contributed by atoms with E-state index in [1.54, 1.807) is 0 Å². The number of nitrogens with zero attached hydrogens (tertiary/aromatic N) is 2. The van der Waals surface area contributed by atoms with Crippen LogP contribution in [0.25, 0.3) is 11.1 Å². The number of benzene rings is 4. The number of carboxylic acids is 1. The molecule has 0 spiro atoms. The predicted molar refractivity (Wildman–Crippen MR) is 211 cm³/mol. The summed E-state index contributed by atoms with van der Waals surface area (Å²) in [5.74, 6) is 1.15. The molecule has 2 heterocycles. The van der Waals surface area contributed by atoms with Gasteiger partial charge in [0.2, 0.25) is 0 Å². The zero-order valence-electron chi connectivity index (χ0n) is 32.0. The first-order chi connectivity index (χ1) is 25.2. The van der Waals surface area contributed by atoms with Crippen LogP contribution < -0.4 is 9.47 Å². The first-order valence-electron chi connectivity index (χ1n) is 19.6. The third kappa shape index (κ3) is 8.90. The van der Waals surface area contributed by atoms with Crippen LogP contribution in [0.3, 0.4) is 0 Å². The number of likely N-dealkylation sites (tertiary alicyclic amines) is 2. The van der Waals surface area contributed by atoms with Crippen molar-refractivity contribution in [1.82, 2.24) is 9.80 Å². The number of rotatable bonds is 14. The monoisotopic (exact) mass is 702 g/mol. The van der Waals surface area contributed by atoms with E-state index in [4.69, 9.17) is 9.47 Å². The van der Waals surface area contributed by atoms with Gasteiger partial charge in [-0.05, 0) is 140 Å². The molecular weight excluding hydrogens is 645 g/mol. The molecule has 276 valence electrons. The highest BCUT2D eigenvalue weighted by molar-refractivity contribution is 5.74. The summed E-state index contributed by atoms with van der Waals surface area (Å²) in [5.41, 5.74) is 12.2. The predicted octanol–water partition coefficient (Wildman–Crippen LogP) is 10.1. The highest BCUT2D eigenvalue weighted by Crippen LogP contribution is 2.33. The summed E-state index contributed by atoms with van der Waals surface area (Å²) in [6.45, 7) is 15.8. The van der Waals surface area contributed by atoms with E-state index >= 15 is 0 Å². The number of carboxylic acid groups (broad SMARTS) is 1. The van der Waals surface area contributed by atoms with Crippen LogP contribution in [0.5, 0.6) is 11.5 Å². The summed E-state index contributed by atoms with van der Waals surface area (Å²) in [7, 11) is 0. The van der Waals surface area contributed by atoms with Crippen LogP contribution in [0.1, 0.15) is 104 Å². The van der Waals surface area contributed by atoms with Crippen molar-refractivity contribution in [2.75, 3.05) is 13.1 Å². The molecule has 6 heteroatoms. The second-order valence-electron chi connectivity index (χ2n) is 15.0. The SMILES string of the molecule is CCc1cc(CN2CCCC[C@H]2C)ccc1OCc1cccc(-c2cccc(COc3ccc(CN4CCCC[C@H]4C(=O)O)cc3CC)c2C)c1C. The molecule has 0 radical (unpaired) electrons. The Bertz CT molecular complexity index is 1830. The van der Waals surface area contributed by atoms with Gasteiger partial charge in [-0.25, -0.2) is 0 Å². The molecule has 2 atom stereocenters. The molecule has 6 nitrogen and oxygen atoms in total. The van der Waals surface area contributed by atoms with E-state index in [9.17, 15) is 9.90 Å². The van der Waals surface area contributed by atoms with Crippen molar-refractivity contribution in [3.05, 3.63) is 117 Å². The average molecular weight is 703 g/mol. The van der Waals surface area contributed by atoms with Crippen LogP contribution in [0, 0.1) is 13.8 Å². The molecule has 1 N–H and O–H groups in total. The third-order valence-corrected chi connectivity index (χ3v) is 11.6. The topological polar surface area (TPSA) is 62.2 Å². The number of ether oxygens (including phenoxy) is 2. The Morgan fingerprint density at radius 3 is 1.67 bits per heavy atom. The Balaban J connectivity index is 1.12. The van der Waals surface area contributed by atoms with Crippen LogP contribution in [0.15, 0.2) is 72.8 Å². The molecule has 0 amide bonds. The van der Waals surface area contributed by atoms with Gasteiger partial charge in [-0.15, -0.1) is 0 Å². The Morgan fingerprint density at radius 2 is 1.17 bits per heavy atom. The van der Waals surface area contributed by atoms with Crippen LogP contribution in [-0.4, -0.2) is 46.0 Å². The molecule has 0 unspecified atom stereocenters. The number of aryl methyl sites for hydroxylation is 2. The molecular formula is C46H58N2O4. The molecule has 2 aliphatic rings. The van der Waals surface area contributed by atoms with Crippen molar-refractivity contribution in [1.29, 1.82) is 0 Å². The summed E-state index contributed by atoms with van der Waals surface area (Å²) in [6.07, 6.45) is 8.49. The Morgan fingerprint density at radius 1 is 0.673 bits per heavy atom. The van der Waals surface area contributed by atoms with Gasteiger partial charge in [-0.3, -0.25) is 14.6 Å². The fraction of sp³-hybridized carbons (Fsp3) is 0.457. The zero-order chi connectivity index (χ0) is 36.6. The van der Waals surface area contributed by atoms with Gasteiger partial charge in [-0.1, -0.05) is 87.4 Å². The molecule has 6 rings (SSSR count). The van der Waals surface area contributed by atoms with E-state index in [2.05, 4.69) is 117 Å². The van der Waals surface area contributed by atoms with E-state index < -0.39 is 12.0 Å². The summed E-state index contributed by atoms with van der Waals surface area (Å²) >= 11 is 0. The minimum atomic E-state index is -0.715. The fourth-order valence-corrected chi connectivity index (χ4v) is 8.19. The molecule has 4 aromatic carbocycles. The van der Waals surface area contributed by atoms with Crippen molar-refractivity contribution in [2.45, 2.75) is 124 Å². The minimum absolute atomic E-state index is 0.397. The summed E-state index contributed by atoms with van der Waals surface area (Å²) in [5, 5.41) is 9.72. The van der Waals surface area contributed by atoms with Crippen molar-refractivity contribution in [2.24, 2.45) is 0 Å². The van der Waals surface area contributed by atoms with Gasteiger partial charge in [0.15, 0.2) is 0 Å². The first kappa shape index (κ1) is 37.6. The zero-order valence-corrected chi connectivity index (χ0v) is 32.0. The second-order valence-corrected chi connectivity index (χ2v) is 15.0. The van der Waals surface area contributed by atoms with Gasteiger partial charge in [0.25, 0.3) is 0 Å². The van der Waals surface area contributed by atoms with Gasteiger partial charge in [-0.2, -0.15) is 0 Å². The fourth-order valence-electron chi connectivity index (χ4n) is 8.19. The molecule has 0 saturated carbocycles. The van der Waals surface area contributed by atoms with Crippen molar-refractivity contribution in [3.8, 4) is 22.6 Å². The lowest BCUT2D eigenvalue weighted by Crippen LogP contribution is -2.44. The number of hydrogen-bond donors (Lipinski definition) is 1. The number of hydrogen-bond acceptors (Lipinski definition) is 5. The third-order valence-electron chi connectivity index (χ3n) is 11.6. The van der Waals surface area contributed by atoms with Gasteiger partial charge in [0, 0.05) is 19.1 Å². The highest BCUT2D eigenvalue weighted by atomic mass is 16.5. The molecule has 2 fully saturated rings.